The van der Waals surface area contributed by atoms with Gasteiger partial charge in [-0.1, -0.05) is 5.23 Å². The molecule has 12 heavy (non-hydrogen) atoms. The highest BCUT2D eigenvalue weighted by Gasteiger charge is 2.03. The molecule has 0 saturated carbocycles. The Labute approximate surface area is 71.4 Å². The predicted octanol–water partition coefficient (Wildman–Crippen LogP) is -1.91. The van der Waals surface area contributed by atoms with Crippen LogP contribution in [0.15, 0.2) is 0 Å². The SMILES string of the molecule is NCCN(OCCO)OCCO. The second-order valence-electron chi connectivity index (χ2n) is 1.96. The van der Waals surface area contributed by atoms with Gasteiger partial charge >= 0.3 is 0 Å². The Bertz CT molecular complexity index is 85.6. The Balaban J connectivity index is 3.40. The van der Waals surface area contributed by atoms with Crippen molar-refractivity contribution in [3.63, 3.8) is 0 Å². The van der Waals surface area contributed by atoms with E-state index in [1.54, 1.807) is 0 Å². The fourth-order valence-electron chi connectivity index (χ4n) is 0.557. The van der Waals surface area contributed by atoms with Gasteiger partial charge in [0.05, 0.1) is 33.0 Å². The molecule has 0 fully saturated rings. The van der Waals surface area contributed by atoms with E-state index < -0.39 is 0 Å². The summed E-state index contributed by atoms with van der Waals surface area (Å²) in [6.07, 6.45) is 0. The lowest BCUT2D eigenvalue weighted by Crippen LogP contribution is -2.32. The van der Waals surface area contributed by atoms with Crippen molar-refractivity contribution in [2.75, 3.05) is 39.5 Å². The third-order valence-corrected chi connectivity index (χ3v) is 0.965. The van der Waals surface area contributed by atoms with Crippen LogP contribution in [0.2, 0.25) is 0 Å². The van der Waals surface area contributed by atoms with Gasteiger partial charge in [0.25, 0.3) is 0 Å². The molecule has 6 nitrogen and oxygen atoms in total. The number of nitrogens with zero attached hydrogens (tertiary/aromatic N) is 1. The number of hydrogen-bond acceptors (Lipinski definition) is 6. The molecule has 74 valence electrons. The maximum Gasteiger partial charge on any atom is 0.0942 e. The van der Waals surface area contributed by atoms with E-state index in [1.807, 2.05) is 0 Å². The van der Waals surface area contributed by atoms with Crippen LogP contribution in [0.3, 0.4) is 0 Å². The molecule has 0 aliphatic rings. The van der Waals surface area contributed by atoms with Crippen LogP contribution in [-0.2, 0) is 9.68 Å². The molecule has 0 rings (SSSR count). The van der Waals surface area contributed by atoms with Gasteiger partial charge in [-0.05, 0) is 0 Å². The predicted molar refractivity (Wildman–Crippen MR) is 41.8 cm³/mol. The van der Waals surface area contributed by atoms with E-state index in [2.05, 4.69) is 0 Å². The highest BCUT2D eigenvalue weighted by atomic mass is 16.9. The van der Waals surface area contributed by atoms with Gasteiger partial charge in [-0.25, -0.2) is 0 Å². The third kappa shape index (κ3) is 6.47. The zero-order valence-electron chi connectivity index (χ0n) is 6.98. The summed E-state index contributed by atoms with van der Waals surface area (Å²) in [4.78, 5) is 9.81. The van der Waals surface area contributed by atoms with E-state index in [0.29, 0.717) is 13.1 Å². The summed E-state index contributed by atoms with van der Waals surface area (Å²) in [6.45, 7) is 0.945. The number of aliphatic hydroxyl groups excluding tert-OH is 2. The molecule has 0 radical (unpaired) electrons. The summed E-state index contributed by atoms with van der Waals surface area (Å²) in [5.74, 6) is 0. The largest absolute Gasteiger partial charge is 0.394 e. The second kappa shape index (κ2) is 8.85. The Hall–Kier alpha value is -0.240. The molecule has 0 aliphatic carbocycles. The summed E-state index contributed by atoms with van der Waals surface area (Å²) < 4.78 is 0. The van der Waals surface area contributed by atoms with E-state index in [0.717, 1.165) is 5.23 Å². The first-order valence-corrected chi connectivity index (χ1v) is 3.80. The van der Waals surface area contributed by atoms with Gasteiger partial charge in [0.1, 0.15) is 0 Å². The van der Waals surface area contributed by atoms with E-state index >= 15 is 0 Å². The van der Waals surface area contributed by atoms with Crippen molar-refractivity contribution in [2.24, 2.45) is 5.73 Å². The van der Waals surface area contributed by atoms with Gasteiger partial charge in [0.15, 0.2) is 0 Å². The lowest BCUT2D eigenvalue weighted by molar-refractivity contribution is -0.369. The molecule has 0 heterocycles. The van der Waals surface area contributed by atoms with Crippen molar-refractivity contribution in [1.82, 2.24) is 5.23 Å². The molecule has 0 aromatic heterocycles. The fourth-order valence-corrected chi connectivity index (χ4v) is 0.557. The van der Waals surface area contributed by atoms with Crippen molar-refractivity contribution in [2.45, 2.75) is 0 Å². The monoisotopic (exact) mass is 180 g/mol. The minimum atomic E-state index is -0.0798. The Morgan fingerprint density at radius 1 is 1.08 bits per heavy atom. The smallest absolute Gasteiger partial charge is 0.0942 e. The zero-order chi connectivity index (χ0) is 9.23. The molecule has 4 N–H and O–H groups in total. The Kier molecular flexibility index (Phi) is 8.68. The van der Waals surface area contributed by atoms with Crippen LogP contribution in [0.25, 0.3) is 0 Å². The van der Waals surface area contributed by atoms with Crippen molar-refractivity contribution in [1.29, 1.82) is 0 Å². The molecule has 6 heteroatoms. The van der Waals surface area contributed by atoms with E-state index in [9.17, 15) is 0 Å². The number of hydrogen-bond donors (Lipinski definition) is 3. The van der Waals surface area contributed by atoms with Crippen LogP contribution in [0.1, 0.15) is 0 Å². The van der Waals surface area contributed by atoms with Crippen LogP contribution >= 0.6 is 0 Å². The van der Waals surface area contributed by atoms with Crippen molar-refractivity contribution in [3.8, 4) is 0 Å². The molecule has 0 amide bonds. The first-order valence-electron chi connectivity index (χ1n) is 3.80. The fraction of sp³-hybridized carbons (Fsp3) is 1.00. The third-order valence-electron chi connectivity index (χ3n) is 0.965. The minimum Gasteiger partial charge on any atom is -0.394 e. The van der Waals surface area contributed by atoms with E-state index in [-0.39, 0.29) is 26.4 Å². The second-order valence-corrected chi connectivity index (χ2v) is 1.96. The summed E-state index contributed by atoms with van der Waals surface area (Å²) in [7, 11) is 0. The molecule has 0 bridgehead atoms. The molecule has 0 aliphatic heterocycles. The quantitative estimate of drug-likeness (QED) is 0.378. The lowest BCUT2D eigenvalue weighted by Gasteiger charge is -2.18. The average Bonchev–Trinajstić information content (AvgIpc) is 2.10. The molecule has 0 aromatic rings. The van der Waals surface area contributed by atoms with Crippen LogP contribution in [0.4, 0.5) is 0 Å². The van der Waals surface area contributed by atoms with Crippen LogP contribution in [-0.4, -0.2) is 55.0 Å². The maximum absolute atomic E-state index is 8.42. The first kappa shape index (κ1) is 11.8. The molecular formula is C6H16N2O4. The maximum atomic E-state index is 8.42. The lowest BCUT2D eigenvalue weighted by atomic mass is 10.7. The van der Waals surface area contributed by atoms with Crippen molar-refractivity contribution in [3.05, 3.63) is 0 Å². The minimum absolute atomic E-state index is 0.0798. The zero-order valence-corrected chi connectivity index (χ0v) is 6.98. The molecule has 0 atom stereocenters. The number of nitrogens with two attached hydrogens (primary N) is 1. The van der Waals surface area contributed by atoms with E-state index in [1.165, 1.54) is 0 Å². The molecule has 0 saturated heterocycles. The average molecular weight is 180 g/mol. The molecule has 0 spiro atoms. The summed E-state index contributed by atoms with van der Waals surface area (Å²) in [5, 5.41) is 18.0. The van der Waals surface area contributed by atoms with Crippen LogP contribution in [0, 0.1) is 0 Å². The normalized spacial score (nSPS) is 11.0. The summed E-state index contributed by atoms with van der Waals surface area (Å²) >= 11 is 0. The molecular weight excluding hydrogens is 164 g/mol. The van der Waals surface area contributed by atoms with Crippen molar-refractivity contribution < 1.29 is 19.9 Å². The topological polar surface area (TPSA) is 88.2 Å². The summed E-state index contributed by atoms with van der Waals surface area (Å²) in [6, 6.07) is 0. The molecule has 0 aromatic carbocycles. The van der Waals surface area contributed by atoms with Gasteiger partial charge in [0, 0.05) is 6.54 Å². The van der Waals surface area contributed by atoms with Crippen LogP contribution in [0.5, 0.6) is 0 Å². The standard InChI is InChI=1S/C6H16N2O4/c7-1-2-8(11-5-3-9)12-6-4-10/h9-10H,1-7H2. The Morgan fingerprint density at radius 3 is 1.92 bits per heavy atom. The van der Waals surface area contributed by atoms with Crippen LogP contribution < -0.4 is 5.73 Å². The van der Waals surface area contributed by atoms with Gasteiger partial charge in [-0.3, -0.25) is 9.68 Å². The summed E-state index contributed by atoms with van der Waals surface area (Å²) in [5.41, 5.74) is 5.25. The van der Waals surface area contributed by atoms with Gasteiger partial charge < -0.3 is 15.9 Å². The first-order chi connectivity index (χ1) is 5.85. The van der Waals surface area contributed by atoms with Crippen molar-refractivity contribution >= 4 is 0 Å². The van der Waals surface area contributed by atoms with Gasteiger partial charge in [-0.2, -0.15) is 0 Å². The number of rotatable bonds is 8. The van der Waals surface area contributed by atoms with E-state index in [4.69, 9.17) is 25.6 Å². The number of hydroxylamine groups is 2. The van der Waals surface area contributed by atoms with Gasteiger partial charge in [0.2, 0.25) is 0 Å². The highest BCUT2D eigenvalue weighted by Crippen LogP contribution is 1.90. The highest BCUT2D eigenvalue weighted by molar-refractivity contribution is 4.34. The number of aliphatic hydroxyl groups is 2. The molecule has 0 unspecified atom stereocenters. The van der Waals surface area contributed by atoms with Gasteiger partial charge in [-0.15, -0.1) is 0 Å². The Morgan fingerprint density at radius 2 is 1.58 bits per heavy atom.